The topological polar surface area (TPSA) is 6.48 Å². The molecule has 0 radical (unpaired) electrons. The highest BCUT2D eigenvalue weighted by Gasteiger charge is 2.71. The van der Waals surface area contributed by atoms with Gasteiger partial charge in [-0.3, -0.25) is 0 Å². The lowest BCUT2D eigenvalue weighted by atomic mass is 9.74. The fraction of sp³-hybridized carbons (Fsp3) is 1.00. The zero-order valence-corrected chi connectivity index (χ0v) is 20.9. The third-order valence-electron chi connectivity index (χ3n) is 8.40. The summed E-state index contributed by atoms with van der Waals surface area (Å²) in [5, 5.41) is 0. The summed E-state index contributed by atoms with van der Waals surface area (Å²) in [6, 6.07) is 2.42. The van der Waals surface area contributed by atoms with E-state index in [1.54, 1.807) is 0 Å². The summed E-state index contributed by atoms with van der Waals surface area (Å²) in [6.07, 6.45) is 7.34. The Balaban J connectivity index is 1.48. The van der Waals surface area contributed by atoms with Crippen molar-refractivity contribution >= 4 is 45.7 Å². The van der Waals surface area contributed by atoms with E-state index in [4.69, 9.17) is 0 Å². The molecule has 25 heavy (non-hydrogen) atoms. The van der Waals surface area contributed by atoms with Crippen LogP contribution in [0.2, 0.25) is 0 Å². The van der Waals surface area contributed by atoms with Gasteiger partial charge < -0.3 is 0 Å². The smallest absolute Gasteiger partial charge is 0.0257 e. The molecule has 4 unspecified atom stereocenters. The summed E-state index contributed by atoms with van der Waals surface area (Å²) in [5.74, 6) is 5.45. The first-order valence-corrected chi connectivity index (χ1v) is 12.5. The van der Waals surface area contributed by atoms with Crippen molar-refractivity contribution < 1.29 is 0 Å². The molecule has 2 aliphatic heterocycles. The molecule has 4 rings (SSSR count). The number of halogens is 2. The van der Waals surface area contributed by atoms with Crippen molar-refractivity contribution in [3.8, 4) is 0 Å². The van der Waals surface area contributed by atoms with Crippen LogP contribution in [-0.4, -0.2) is 30.9 Å². The van der Waals surface area contributed by atoms with Gasteiger partial charge in [0.1, 0.15) is 0 Å². The van der Waals surface area contributed by atoms with Crippen LogP contribution in [0, 0.1) is 40.9 Å². The van der Waals surface area contributed by atoms with Crippen molar-refractivity contribution in [1.29, 1.82) is 0 Å². The minimum absolute atomic E-state index is 0.577. The van der Waals surface area contributed by atoms with E-state index in [1.165, 1.54) is 38.6 Å². The Labute approximate surface area is 183 Å². The fourth-order valence-corrected chi connectivity index (χ4v) is 10.3. The van der Waals surface area contributed by atoms with E-state index in [2.05, 4.69) is 86.6 Å². The zero-order valence-electron chi connectivity index (χ0n) is 16.6. The van der Waals surface area contributed by atoms with Crippen molar-refractivity contribution in [2.45, 2.75) is 84.8 Å². The Kier molecular flexibility index (Phi) is 5.52. The normalized spacial score (nSPS) is 47.8. The predicted molar refractivity (Wildman–Crippen MR) is 123 cm³/mol. The molecule has 0 aromatic heterocycles. The van der Waals surface area contributed by atoms with Gasteiger partial charge in [-0.15, -0.1) is 0 Å². The highest BCUT2D eigenvalue weighted by Crippen LogP contribution is 2.70. The van der Waals surface area contributed by atoms with E-state index in [9.17, 15) is 0 Å². The standard InChI is InChI=1S/C21H36I2N2/c1-12(2)19-18-17(21(18,4)5)16(25(19)23)10-13(3)20-15-9-7-6-8-14(15)11-24(20)22/h12-20H,6-11H2,1-5H3/t13?,14-,15-,16?,17-,18-,19?,20?/m1/s1. The number of rotatable bonds is 4. The van der Waals surface area contributed by atoms with E-state index in [1.807, 2.05) is 0 Å². The second-order valence-electron chi connectivity index (χ2n) is 10.5. The van der Waals surface area contributed by atoms with Crippen LogP contribution in [0.3, 0.4) is 0 Å². The van der Waals surface area contributed by atoms with Gasteiger partial charge in [0.2, 0.25) is 0 Å². The highest BCUT2D eigenvalue weighted by atomic mass is 127. The molecular formula is C21H36I2N2. The van der Waals surface area contributed by atoms with Crippen molar-refractivity contribution in [2.24, 2.45) is 40.9 Å². The van der Waals surface area contributed by atoms with E-state index < -0.39 is 0 Å². The Morgan fingerprint density at radius 2 is 1.68 bits per heavy atom. The molecular weight excluding hydrogens is 534 g/mol. The van der Waals surface area contributed by atoms with Crippen LogP contribution in [0.15, 0.2) is 0 Å². The van der Waals surface area contributed by atoms with Gasteiger partial charge in [0.25, 0.3) is 0 Å². The first-order chi connectivity index (χ1) is 11.7. The van der Waals surface area contributed by atoms with Gasteiger partial charge in [0.15, 0.2) is 0 Å². The molecule has 4 aliphatic rings. The van der Waals surface area contributed by atoms with Gasteiger partial charge in [-0.2, -0.15) is 0 Å². The summed E-state index contributed by atoms with van der Waals surface area (Å²) in [6.45, 7) is 13.9. The van der Waals surface area contributed by atoms with Crippen molar-refractivity contribution in [2.75, 3.05) is 6.54 Å². The van der Waals surface area contributed by atoms with Gasteiger partial charge in [0, 0.05) is 70.4 Å². The van der Waals surface area contributed by atoms with E-state index in [0.717, 1.165) is 53.6 Å². The lowest BCUT2D eigenvalue weighted by Gasteiger charge is -2.38. The summed E-state index contributed by atoms with van der Waals surface area (Å²) in [7, 11) is 0. The molecule has 2 nitrogen and oxygen atoms in total. The molecule has 2 saturated heterocycles. The Hall–Kier alpha value is 1.38. The molecule has 2 aliphatic carbocycles. The minimum atomic E-state index is 0.577. The van der Waals surface area contributed by atoms with Crippen LogP contribution < -0.4 is 0 Å². The predicted octanol–water partition coefficient (Wildman–Crippen LogP) is 6.18. The lowest BCUT2D eigenvalue weighted by Crippen LogP contribution is -2.42. The van der Waals surface area contributed by atoms with Gasteiger partial charge in [0.05, 0.1) is 0 Å². The number of hydrogen-bond acceptors (Lipinski definition) is 2. The molecule has 144 valence electrons. The van der Waals surface area contributed by atoms with Crippen LogP contribution in [0.5, 0.6) is 0 Å². The lowest BCUT2D eigenvalue weighted by molar-refractivity contribution is 0.161. The number of piperidine rings is 1. The summed E-state index contributed by atoms with van der Waals surface area (Å²) in [5.41, 5.74) is 0.577. The SMILES string of the molecule is CC(C)C1[C@H]2[C@@H](C(CC(C)C3[C@@H]4CCCC[C@@H]4CN3I)N1I)C2(C)C. The molecule has 4 fully saturated rings. The first kappa shape index (κ1) is 19.7. The average Bonchev–Trinajstić information content (AvgIpc) is 2.82. The molecule has 0 bridgehead atoms. The third-order valence-corrected chi connectivity index (χ3v) is 10.8. The van der Waals surface area contributed by atoms with Crippen molar-refractivity contribution in [3.05, 3.63) is 0 Å². The maximum atomic E-state index is 2.77. The highest BCUT2D eigenvalue weighted by molar-refractivity contribution is 14.1. The molecule has 0 aromatic carbocycles. The quantitative estimate of drug-likeness (QED) is 0.294. The second-order valence-corrected chi connectivity index (χ2v) is 12.9. The van der Waals surface area contributed by atoms with Crippen LogP contribution in [0.1, 0.15) is 66.7 Å². The fourth-order valence-electron chi connectivity index (χ4n) is 7.27. The molecule has 0 spiro atoms. The van der Waals surface area contributed by atoms with Crippen molar-refractivity contribution in [3.63, 3.8) is 0 Å². The zero-order chi connectivity index (χ0) is 18.1. The van der Waals surface area contributed by atoms with Crippen molar-refractivity contribution in [1.82, 2.24) is 6.23 Å². The molecule has 0 aromatic rings. The van der Waals surface area contributed by atoms with Gasteiger partial charge in [-0.05, 0) is 60.2 Å². The monoisotopic (exact) mass is 570 g/mol. The van der Waals surface area contributed by atoms with Crippen LogP contribution in [0.4, 0.5) is 0 Å². The van der Waals surface area contributed by atoms with E-state index >= 15 is 0 Å². The first-order valence-electron chi connectivity index (χ1n) is 10.6. The second kappa shape index (κ2) is 7.01. The van der Waals surface area contributed by atoms with Gasteiger partial charge in [-0.25, -0.2) is 6.23 Å². The van der Waals surface area contributed by atoms with Crippen LogP contribution in [0.25, 0.3) is 0 Å². The summed E-state index contributed by atoms with van der Waals surface area (Å²) >= 11 is 5.35. The minimum Gasteiger partial charge on any atom is -0.244 e. The van der Waals surface area contributed by atoms with Gasteiger partial charge >= 0.3 is 0 Å². The Morgan fingerprint density at radius 1 is 1.00 bits per heavy atom. The van der Waals surface area contributed by atoms with E-state index in [0.29, 0.717) is 5.41 Å². The maximum absolute atomic E-state index is 2.77. The molecule has 0 amide bonds. The number of fused-ring (bicyclic) bond motifs is 2. The molecule has 0 N–H and O–H groups in total. The van der Waals surface area contributed by atoms with Crippen LogP contribution in [-0.2, 0) is 0 Å². The van der Waals surface area contributed by atoms with E-state index in [-0.39, 0.29) is 0 Å². The van der Waals surface area contributed by atoms with Gasteiger partial charge in [-0.1, -0.05) is 47.5 Å². The Bertz CT molecular complexity index is 508. The molecule has 2 saturated carbocycles. The molecule has 2 heterocycles. The van der Waals surface area contributed by atoms with Crippen LogP contribution >= 0.6 is 45.7 Å². The molecule has 8 atom stereocenters. The molecule has 4 heteroatoms. The Morgan fingerprint density at radius 3 is 2.32 bits per heavy atom. The largest absolute Gasteiger partial charge is 0.244 e. The number of hydrogen-bond donors (Lipinski definition) is 0. The summed E-state index contributed by atoms with van der Waals surface area (Å²) in [4.78, 5) is 0. The maximum Gasteiger partial charge on any atom is 0.0257 e. The third kappa shape index (κ3) is 3.15. The number of nitrogens with zero attached hydrogens (tertiary/aromatic N) is 2. The summed E-state index contributed by atoms with van der Waals surface area (Å²) < 4.78 is 5.48. The average molecular weight is 570 g/mol.